The molecule has 39 heavy (non-hydrogen) atoms. The van der Waals surface area contributed by atoms with Crippen LogP contribution in [0.15, 0.2) is 101 Å². The maximum absolute atomic E-state index is 14.1. The van der Waals surface area contributed by atoms with Gasteiger partial charge >= 0.3 is 5.97 Å². The molecular weight excluding hydrogens is 499 g/mol. The van der Waals surface area contributed by atoms with Crippen molar-refractivity contribution in [2.24, 2.45) is 0 Å². The quantitative estimate of drug-likeness (QED) is 0.131. The first-order valence-electron chi connectivity index (χ1n) is 12.3. The number of hydrogen-bond donors (Lipinski definition) is 0. The van der Waals surface area contributed by atoms with Crippen molar-refractivity contribution >= 4 is 28.8 Å². The number of ketones is 1. The highest BCUT2D eigenvalue weighted by Crippen LogP contribution is 2.38. The molecule has 4 aromatic carbocycles. The number of halogens is 1. The van der Waals surface area contributed by atoms with Crippen LogP contribution in [-0.2, 0) is 0 Å². The third kappa shape index (κ3) is 4.55. The van der Waals surface area contributed by atoms with Gasteiger partial charge in [0.05, 0.1) is 12.2 Å². The molecule has 1 aliphatic heterocycles. The number of carbonyl (C=O) groups excluding carboxylic acids is 2. The Hall–Kier alpha value is -5.17. The van der Waals surface area contributed by atoms with Gasteiger partial charge in [-0.3, -0.25) is 4.79 Å². The Morgan fingerprint density at radius 2 is 1.69 bits per heavy atom. The third-order valence-electron chi connectivity index (χ3n) is 6.25. The van der Waals surface area contributed by atoms with Crippen LogP contribution in [-0.4, -0.2) is 18.4 Å². The number of Topliss-reactive ketones (excluding diaryl/α,β-unsaturated/α-hetero) is 1. The summed E-state index contributed by atoms with van der Waals surface area (Å²) in [5.74, 6) is -0.172. The zero-order valence-corrected chi connectivity index (χ0v) is 20.8. The molecule has 0 spiro atoms. The van der Waals surface area contributed by atoms with Gasteiger partial charge in [0.2, 0.25) is 5.78 Å². The van der Waals surface area contributed by atoms with Crippen LogP contribution in [0, 0.1) is 5.82 Å². The molecule has 6 rings (SSSR count). The summed E-state index contributed by atoms with van der Waals surface area (Å²) >= 11 is 0. The smallest absolute Gasteiger partial charge is 0.348 e. The summed E-state index contributed by atoms with van der Waals surface area (Å²) in [5.41, 5.74) is 1.99. The van der Waals surface area contributed by atoms with Gasteiger partial charge in [0.25, 0.3) is 0 Å². The zero-order valence-electron chi connectivity index (χ0n) is 20.8. The molecule has 0 amide bonds. The van der Waals surface area contributed by atoms with Crippen molar-refractivity contribution in [3.05, 3.63) is 119 Å². The lowest BCUT2D eigenvalue weighted by Crippen LogP contribution is -2.09. The van der Waals surface area contributed by atoms with Crippen LogP contribution in [0.25, 0.3) is 28.4 Å². The number of benzene rings is 4. The Labute approximate surface area is 222 Å². The first-order valence-corrected chi connectivity index (χ1v) is 12.3. The van der Waals surface area contributed by atoms with Gasteiger partial charge < -0.3 is 18.6 Å². The molecular formula is C32H21FO6. The van der Waals surface area contributed by atoms with Gasteiger partial charge in [0, 0.05) is 22.6 Å². The summed E-state index contributed by atoms with van der Waals surface area (Å²) in [4.78, 5) is 26.4. The van der Waals surface area contributed by atoms with E-state index in [9.17, 15) is 14.0 Å². The average Bonchev–Trinajstić information content (AvgIpc) is 3.47. The van der Waals surface area contributed by atoms with E-state index >= 15 is 0 Å². The van der Waals surface area contributed by atoms with Crippen molar-refractivity contribution in [3.63, 3.8) is 0 Å². The van der Waals surface area contributed by atoms with Crippen LogP contribution in [0.3, 0.4) is 0 Å². The van der Waals surface area contributed by atoms with Gasteiger partial charge in [-0.1, -0.05) is 48.5 Å². The average molecular weight is 521 g/mol. The normalized spacial score (nSPS) is 13.4. The maximum atomic E-state index is 14.1. The number of esters is 1. The van der Waals surface area contributed by atoms with Gasteiger partial charge in [-0.15, -0.1) is 0 Å². The summed E-state index contributed by atoms with van der Waals surface area (Å²) < 4.78 is 37.3. The van der Waals surface area contributed by atoms with E-state index < -0.39 is 11.8 Å². The second-order valence-corrected chi connectivity index (χ2v) is 8.77. The summed E-state index contributed by atoms with van der Waals surface area (Å²) in [5, 5.41) is 0.549. The number of allylic oxidation sites excluding steroid dienone is 1. The first-order chi connectivity index (χ1) is 19.0. The number of rotatable bonds is 6. The fraction of sp³-hybridized carbons (Fsp3) is 0.0625. The summed E-state index contributed by atoms with van der Waals surface area (Å²) in [6.07, 6.45) is 1.35. The standard InChI is InChI=1S/C32H21FO6/c1-2-36-21-13-15-26-24(17-21)29(31(39-26)19-8-4-3-5-9-19)32(35)37-22-12-14-23-27(18-22)38-28(30(23)34)16-20-10-6-7-11-25(20)33/h3-18H,2H2,1H3. The monoisotopic (exact) mass is 520 g/mol. The largest absolute Gasteiger partial charge is 0.494 e. The highest BCUT2D eigenvalue weighted by molar-refractivity contribution is 6.15. The van der Waals surface area contributed by atoms with Gasteiger partial charge in [0.1, 0.15) is 40.0 Å². The van der Waals surface area contributed by atoms with Crippen LogP contribution in [0.1, 0.15) is 33.2 Å². The molecule has 0 atom stereocenters. The van der Waals surface area contributed by atoms with E-state index in [0.29, 0.717) is 34.6 Å². The fourth-order valence-corrected chi connectivity index (χ4v) is 4.45. The minimum Gasteiger partial charge on any atom is -0.494 e. The molecule has 0 saturated carbocycles. The van der Waals surface area contributed by atoms with Crippen molar-refractivity contribution in [3.8, 4) is 28.6 Å². The molecule has 0 saturated heterocycles. The molecule has 1 aromatic heterocycles. The Balaban J connectivity index is 1.34. The van der Waals surface area contributed by atoms with E-state index in [2.05, 4.69) is 0 Å². The van der Waals surface area contributed by atoms with E-state index in [1.54, 1.807) is 36.4 Å². The van der Waals surface area contributed by atoms with Gasteiger partial charge in [0.15, 0.2) is 5.76 Å². The van der Waals surface area contributed by atoms with Crippen molar-refractivity contribution < 1.29 is 32.6 Å². The molecule has 5 aromatic rings. The molecule has 6 nitrogen and oxygen atoms in total. The molecule has 1 aliphatic rings. The summed E-state index contributed by atoms with van der Waals surface area (Å²) in [6.45, 7) is 2.34. The predicted molar refractivity (Wildman–Crippen MR) is 144 cm³/mol. The molecule has 0 fully saturated rings. The molecule has 2 heterocycles. The number of ether oxygens (including phenoxy) is 3. The molecule has 0 unspecified atom stereocenters. The number of hydrogen-bond acceptors (Lipinski definition) is 6. The van der Waals surface area contributed by atoms with Crippen molar-refractivity contribution in [2.45, 2.75) is 6.92 Å². The lowest BCUT2D eigenvalue weighted by molar-refractivity contribution is 0.0736. The SMILES string of the molecule is CCOc1ccc2oc(-c3ccccc3)c(C(=O)Oc3ccc4c(c3)OC(=Cc3ccccc3F)C4=O)c2c1. The van der Waals surface area contributed by atoms with Crippen LogP contribution >= 0.6 is 0 Å². The van der Waals surface area contributed by atoms with Crippen molar-refractivity contribution in [2.75, 3.05) is 6.61 Å². The van der Waals surface area contributed by atoms with E-state index in [-0.39, 0.29) is 39.7 Å². The second-order valence-electron chi connectivity index (χ2n) is 8.77. The first kappa shape index (κ1) is 24.2. The van der Waals surface area contributed by atoms with Crippen LogP contribution in [0.4, 0.5) is 4.39 Å². The summed E-state index contributed by atoms with van der Waals surface area (Å²) in [6, 6.07) is 25.1. The van der Waals surface area contributed by atoms with Crippen molar-refractivity contribution in [1.82, 2.24) is 0 Å². The van der Waals surface area contributed by atoms with E-state index in [1.165, 1.54) is 30.3 Å². The van der Waals surface area contributed by atoms with E-state index in [1.807, 2.05) is 37.3 Å². The predicted octanol–water partition coefficient (Wildman–Crippen LogP) is 7.47. The molecule has 0 radical (unpaired) electrons. The lowest BCUT2D eigenvalue weighted by Gasteiger charge is -2.07. The molecule has 7 heteroatoms. The lowest BCUT2D eigenvalue weighted by atomic mass is 10.1. The van der Waals surface area contributed by atoms with Crippen LogP contribution in [0.2, 0.25) is 0 Å². The zero-order chi connectivity index (χ0) is 26.9. The number of carbonyl (C=O) groups is 2. The highest BCUT2D eigenvalue weighted by Gasteiger charge is 2.29. The van der Waals surface area contributed by atoms with Gasteiger partial charge in [-0.2, -0.15) is 0 Å². The Kier molecular flexibility index (Phi) is 6.17. The molecule has 0 N–H and O–H groups in total. The Morgan fingerprint density at radius 1 is 0.923 bits per heavy atom. The Bertz CT molecular complexity index is 1770. The molecule has 0 aliphatic carbocycles. The van der Waals surface area contributed by atoms with Gasteiger partial charge in [-0.25, -0.2) is 9.18 Å². The number of fused-ring (bicyclic) bond motifs is 2. The maximum Gasteiger partial charge on any atom is 0.348 e. The van der Waals surface area contributed by atoms with E-state index in [0.717, 1.165) is 0 Å². The third-order valence-corrected chi connectivity index (χ3v) is 6.25. The minimum absolute atomic E-state index is 0.0192. The van der Waals surface area contributed by atoms with Gasteiger partial charge in [-0.05, 0) is 49.4 Å². The van der Waals surface area contributed by atoms with Crippen LogP contribution < -0.4 is 14.2 Å². The molecule has 192 valence electrons. The highest BCUT2D eigenvalue weighted by atomic mass is 19.1. The van der Waals surface area contributed by atoms with Crippen LogP contribution in [0.5, 0.6) is 17.2 Å². The second kappa shape index (κ2) is 9.95. The number of furan rings is 1. The topological polar surface area (TPSA) is 75.0 Å². The Morgan fingerprint density at radius 3 is 2.49 bits per heavy atom. The minimum atomic E-state index is -0.646. The van der Waals surface area contributed by atoms with Crippen molar-refractivity contribution in [1.29, 1.82) is 0 Å². The fourth-order valence-electron chi connectivity index (χ4n) is 4.45. The summed E-state index contributed by atoms with van der Waals surface area (Å²) in [7, 11) is 0. The van der Waals surface area contributed by atoms with E-state index in [4.69, 9.17) is 18.6 Å². The molecule has 0 bridgehead atoms.